The molecule has 0 aliphatic carbocycles. The predicted molar refractivity (Wildman–Crippen MR) is 65.2 cm³/mol. The molecule has 0 aliphatic heterocycles. The van der Waals surface area contributed by atoms with Crippen molar-refractivity contribution in [1.29, 1.82) is 0 Å². The van der Waals surface area contributed by atoms with E-state index in [0.29, 0.717) is 0 Å². The SMILES string of the molecule is NC(CCc1ccco1)Cc1ccccc1. The first-order valence-electron chi connectivity index (χ1n) is 5.66. The molecule has 0 amide bonds. The number of furan rings is 1. The van der Waals surface area contributed by atoms with Crippen molar-refractivity contribution >= 4 is 0 Å². The fourth-order valence-electron chi connectivity index (χ4n) is 1.80. The molecule has 0 aliphatic rings. The van der Waals surface area contributed by atoms with Crippen LogP contribution in [0.15, 0.2) is 53.1 Å². The molecule has 2 rings (SSSR count). The molecule has 2 nitrogen and oxygen atoms in total. The number of rotatable bonds is 5. The van der Waals surface area contributed by atoms with Gasteiger partial charge in [-0.05, 0) is 30.5 Å². The summed E-state index contributed by atoms with van der Waals surface area (Å²) in [4.78, 5) is 0. The highest BCUT2D eigenvalue weighted by Crippen LogP contribution is 2.08. The van der Waals surface area contributed by atoms with Crippen LogP contribution in [0, 0.1) is 0 Å². The predicted octanol–water partition coefficient (Wildman–Crippen LogP) is 2.78. The average molecular weight is 215 g/mol. The van der Waals surface area contributed by atoms with Gasteiger partial charge in [-0.1, -0.05) is 30.3 Å². The molecule has 1 heterocycles. The summed E-state index contributed by atoms with van der Waals surface area (Å²) in [6, 6.07) is 14.5. The Balaban J connectivity index is 1.78. The van der Waals surface area contributed by atoms with Crippen LogP contribution >= 0.6 is 0 Å². The van der Waals surface area contributed by atoms with Gasteiger partial charge in [0.1, 0.15) is 5.76 Å². The smallest absolute Gasteiger partial charge is 0.103 e. The Kier molecular flexibility index (Phi) is 3.78. The molecule has 1 aromatic carbocycles. The van der Waals surface area contributed by atoms with E-state index in [0.717, 1.165) is 25.0 Å². The highest BCUT2D eigenvalue weighted by atomic mass is 16.3. The van der Waals surface area contributed by atoms with Crippen molar-refractivity contribution in [3.8, 4) is 0 Å². The highest BCUT2D eigenvalue weighted by molar-refractivity contribution is 5.15. The lowest BCUT2D eigenvalue weighted by Gasteiger charge is -2.10. The zero-order valence-electron chi connectivity index (χ0n) is 9.30. The lowest BCUT2D eigenvalue weighted by Crippen LogP contribution is -2.23. The highest BCUT2D eigenvalue weighted by Gasteiger charge is 2.05. The van der Waals surface area contributed by atoms with Gasteiger partial charge in [0.25, 0.3) is 0 Å². The summed E-state index contributed by atoms with van der Waals surface area (Å²) in [6.07, 6.45) is 4.52. The topological polar surface area (TPSA) is 39.2 Å². The lowest BCUT2D eigenvalue weighted by molar-refractivity contribution is 0.484. The summed E-state index contributed by atoms with van der Waals surface area (Å²) in [6.45, 7) is 0. The molecule has 1 aromatic heterocycles. The van der Waals surface area contributed by atoms with Gasteiger partial charge in [0, 0.05) is 12.5 Å². The fraction of sp³-hybridized carbons (Fsp3) is 0.286. The van der Waals surface area contributed by atoms with E-state index in [1.807, 2.05) is 18.2 Å². The van der Waals surface area contributed by atoms with Gasteiger partial charge in [0.2, 0.25) is 0 Å². The van der Waals surface area contributed by atoms with Crippen LogP contribution in [0.5, 0.6) is 0 Å². The molecule has 1 unspecified atom stereocenters. The van der Waals surface area contributed by atoms with E-state index in [1.54, 1.807) is 6.26 Å². The molecule has 2 aromatic rings. The Bertz CT molecular complexity index is 394. The Hall–Kier alpha value is -1.54. The van der Waals surface area contributed by atoms with Crippen LogP contribution in [0.2, 0.25) is 0 Å². The summed E-state index contributed by atoms with van der Waals surface area (Å²) in [5.41, 5.74) is 7.38. The molecule has 0 fully saturated rings. The van der Waals surface area contributed by atoms with Crippen LogP contribution in [-0.2, 0) is 12.8 Å². The summed E-state index contributed by atoms with van der Waals surface area (Å²) in [5.74, 6) is 1.02. The Labute approximate surface area is 96.1 Å². The molecular formula is C14H17NO. The van der Waals surface area contributed by atoms with Crippen LogP contribution in [0.1, 0.15) is 17.7 Å². The summed E-state index contributed by atoms with van der Waals surface area (Å²) in [5, 5.41) is 0. The monoisotopic (exact) mass is 215 g/mol. The van der Waals surface area contributed by atoms with Crippen LogP contribution in [0.25, 0.3) is 0 Å². The number of hydrogen-bond acceptors (Lipinski definition) is 2. The first kappa shape index (κ1) is 11.0. The van der Waals surface area contributed by atoms with Crippen LogP contribution in [-0.4, -0.2) is 6.04 Å². The van der Waals surface area contributed by atoms with Gasteiger partial charge >= 0.3 is 0 Å². The quantitative estimate of drug-likeness (QED) is 0.833. The van der Waals surface area contributed by atoms with Crippen molar-refractivity contribution in [3.05, 3.63) is 60.1 Å². The van der Waals surface area contributed by atoms with E-state index in [9.17, 15) is 0 Å². The van der Waals surface area contributed by atoms with E-state index in [-0.39, 0.29) is 6.04 Å². The maximum Gasteiger partial charge on any atom is 0.103 e. The number of benzene rings is 1. The van der Waals surface area contributed by atoms with E-state index in [2.05, 4.69) is 24.3 Å². The molecule has 0 saturated heterocycles. The zero-order chi connectivity index (χ0) is 11.2. The van der Waals surface area contributed by atoms with Gasteiger partial charge in [0.15, 0.2) is 0 Å². The van der Waals surface area contributed by atoms with Gasteiger partial charge in [-0.15, -0.1) is 0 Å². The molecule has 0 spiro atoms. The lowest BCUT2D eigenvalue weighted by atomic mass is 10.0. The largest absolute Gasteiger partial charge is 0.469 e. The van der Waals surface area contributed by atoms with Gasteiger partial charge in [-0.3, -0.25) is 0 Å². The molecule has 2 N–H and O–H groups in total. The molecule has 16 heavy (non-hydrogen) atoms. The molecule has 84 valence electrons. The summed E-state index contributed by atoms with van der Waals surface area (Å²) in [7, 11) is 0. The average Bonchev–Trinajstić information content (AvgIpc) is 2.81. The molecule has 1 atom stereocenters. The first-order chi connectivity index (χ1) is 7.84. The maximum atomic E-state index is 6.08. The van der Waals surface area contributed by atoms with E-state index in [4.69, 9.17) is 10.2 Å². The third-order valence-electron chi connectivity index (χ3n) is 2.68. The van der Waals surface area contributed by atoms with E-state index >= 15 is 0 Å². The minimum absolute atomic E-state index is 0.201. The first-order valence-corrected chi connectivity index (χ1v) is 5.66. The number of aryl methyl sites for hydroxylation is 1. The van der Waals surface area contributed by atoms with Crippen molar-refractivity contribution in [1.82, 2.24) is 0 Å². The summed E-state index contributed by atoms with van der Waals surface area (Å²) >= 11 is 0. The fourth-order valence-corrected chi connectivity index (χ4v) is 1.80. The Morgan fingerprint density at radius 3 is 2.56 bits per heavy atom. The van der Waals surface area contributed by atoms with Gasteiger partial charge in [-0.2, -0.15) is 0 Å². The van der Waals surface area contributed by atoms with Crippen LogP contribution in [0.4, 0.5) is 0 Å². The maximum absolute atomic E-state index is 6.08. The van der Waals surface area contributed by atoms with Crippen molar-refractivity contribution < 1.29 is 4.42 Å². The van der Waals surface area contributed by atoms with Crippen molar-refractivity contribution in [3.63, 3.8) is 0 Å². The second-order valence-electron chi connectivity index (χ2n) is 4.07. The minimum atomic E-state index is 0.201. The Morgan fingerprint density at radius 1 is 1.06 bits per heavy atom. The van der Waals surface area contributed by atoms with Crippen LogP contribution < -0.4 is 5.73 Å². The Morgan fingerprint density at radius 2 is 1.88 bits per heavy atom. The van der Waals surface area contributed by atoms with Gasteiger partial charge < -0.3 is 10.2 Å². The zero-order valence-corrected chi connectivity index (χ0v) is 9.30. The molecule has 0 radical (unpaired) electrons. The third kappa shape index (κ3) is 3.24. The molecule has 0 bridgehead atoms. The van der Waals surface area contributed by atoms with Gasteiger partial charge in [0.05, 0.1) is 6.26 Å². The second kappa shape index (κ2) is 5.52. The standard InChI is InChI=1S/C14H17NO/c15-13(8-9-14-7-4-10-16-14)11-12-5-2-1-3-6-12/h1-7,10,13H,8-9,11,15H2. The molecular weight excluding hydrogens is 198 g/mol. The normalized spacial score (nSPS) is 12.6. The number of nitrogens with two attached hydrogens (primary N) is 1. The van der Waals surface area contributed by atoms with Crippen molar-refractivity contribution in [2.24, 2.45) is 5.73 Å². The van der Waals surface area contributed by atoms with Crippen molar-refractivity contribution in [2.75, 3.05) is 0 Å². The minimum Gasteiger partial charge on any atom is -0.469 e. The van der Waals surface area contributed by atoms with E-state index < -0.39 is 0 Å². The third-order valence-corrected chi connectivity index (χ3v) is 2.68. The summed E-state index contributed by atoms with van der Waals surface area (Å²) < 4.78 is 5.28. The molecule has 2 heteroatoms. The number of hydrogen-bond donors (Lipinski definition) is 1. The molecule has 0 saturated carbocycles. The van der Waals surface area contributed by atoms with Crippen LogP contribution in [0.3, 0.4) is 0 Å². The van der Waals surface area contributed by atoms with E-state index in [1.165, 1.54) is 5.56 Å². The van der Waals surface area contributed by atoms with Crippen molar-refractivity contribution in [2.45, 2.75) is 25.3 Å². The van der Waals surface area contributed by atoms with Gasteiger partial charge in [-0.25, -0.2) is 0 Å². The second-order valence-corrected chi connectivity index (χ2v) is 4.07.